The lowest BCUT2D eigenvalue weighted by Gasteiger charge is -2.35. The highest BCUT2D eigenvalue weighted by Gasteiger charge is 2.45. The van der Waals surface area contributed by atoms with E-state index in [4.69, 9.17) is 19.8 Å². The molecule has 0 spiro atoms. The van der Waals surface area contributed by atoms with Crippen molar-refractivity contribution in [1.29, 1.82) is 0 Å². The van der Waals surface area contributed by atoms with E-state index < -0.39 is 35.3 Å². The fraction of sp³-hybridized carbons (Fsp3) is 0.476. The Hall–Kier alpha value is -5.70. The maximum Gasteiger partial charge on any atom is 0.410 e. The Morgan fingerprint density at radius 3 is 2.42 bits per heavy atom. The van der Waals surface area contributed by atoms with Gasteiger partial charge in [-0.3, -0.25) is 44.0 Å². The number of fused-ring (bicyclic) bond motifs is 2. The predicted octanol–water partition coefficient (Wildman–Crippen LogP) is 4.89. The number of imide groups is 2. The van der Waals surface area contributed by atoms with Crippen molar-refractivity contribution in [2.75, 3.05) is 38.0 Å². The Labute approximate surface area is 330 Å². The Bertz CT molecular complexity index is 2300. The van der Waals surface area contributed by atoms with Gasteiger partial charge < -0.3 is 15.0 Å². The van der Waals surface area contributed by atoms with Crippen molar-refractivity contribution in [3.05, 3.63) is 71.2 Å². The number of hydrogen-bond acceptors (Lipinski definition) is 11. The number of benzene rings is 2. The number of carbonyl (C=O) groups excluding carboxylic acids is 5. The van der Waals surface area contributed by atoms with Gasteiger partial charge in [0.2, 0.25) is 11.8 Å². The fourth-order valence-corrected chi connectivity index (χ4v) is 8.33. The normalized spacial score (nSPS) is 22.8. The topological polar surface area (TPSA) is 172 Å². The Balaban J connectivity index is 0.820. The molecule has 2 N–H and O–H groups in total. The summed E-state index contributed by atoms with van der Waals surface area (Å²) in [5, 5.41) is 10.8. The van der Waals surface area contributed by atoms with E-state index in [0.717, 1.165) is 89.5 Å². The van der Waals surface area contributed by atoms with Crippen molar-refractivity contribution in [2.24, 2.45) is 5.92 Å². The molecule has 2 saturated carbocycles. The van der Waals surface area contributed by atoms with Crippen molar-refractivity contribution in [3.8, 4) is 11.3 Å². The van der Waals surface area contributed by atoms with Crippen LogP contribution < -0.4 is 10.6 Å². The summed E-state index contributed by atoms with van der Waals surface area (Å²) < 4.78 is 7.67. The van der Waals surface area contributed by atoms with E-state index in [1.165, 1.54) is 0 Å². The third-order valence-corrected chi connectivity index (χ3v) is 11.7. The molecular weight excluding hydrogens is 727 g/mol. The zero-order valence-electron chi connectivity index (χ0n) is 32.5. The van der Waals surface area contributed by atoms with Gasteiger partial charge in [0, 0.05) is 69.1 Å². The molecule has 2 saturated heterocycles. The van der Waals surface area contributed by atoms with Crippen LogP contribution in [0.3, 0.4) is 0 Å². The number of nitrogens with one attached hydrogen (secondary N) is 2. The molecule has 9 rings (SSSR count). The van der Waals surface area contributed by atoms with Gasteiger partial charge in [0.05, 0.1) is 45.8 Å². The van der Waals surface area contributed by atoms with Crippen LogP contribution in [0.4, 0.5) is 10.5 Å². The van der Waals surface area contributed by atoms with Crippen molar-refractivity contribution in [3.63, 3.8) is 0 Å². The fourth-order valence-electron chi connectivity index (χ4n) is 8.33. The summed E-state index contributed by atoms with van der Waals surface area (Å²) in [5.41, 5.74) is 6.57. The van der Waals surface area contributed by atoms with Crippen LogP contribution in [0.25, 0.3) is 22.3 Å². The molecule has 296 valence electrons. The lowest BCUT2D eigenvalue weighted by Crippen LogP contribution is -2.54. The molecule has 15 heteroatoms. The summed E-state index contributed by atoms with van der Waals surface area (Å²) >= 11 is 0. The Morgan fingerprint density at radius 2 is 1.68 bits per heavy atom. The summed E-state index contributed by atoms with van der Waals surface area (Å²) in [4.78, 5) is 77.9. The molecule has 0 radical (unpaired) electrons. The van der Waals surface area contributed by atoms with E-state index >= 15 is 0 Å². The van der Waals surface area contributed by atoms with Crippen LogP contribution in [0.15, 0.2) is 48.8 Å². The molecular formula is C42H47N9O6. The maximum absolute atomic E-state index is 13.3. The van der Waals surface area contributed by atoms with E-state index in [1.54, 1.807) is 23.1 Å². The molecule has 2 aromatic heterocycles. The predicted molar refractivity (Wildman–Crippen MR) is 209 cm³/mol. The zero-order chi connectivity index (χ0) is 39.6. The lowest BCUT2D eigenvalue weighted by atomic mass is 9.80. The van der Waals surface area contributed by atoms with E-state index in [2.05, 4.69) is 38.5 Å². The van der Waals surface area contributed by atoms with Crippen LogP contribution in [0, 0.1) is 5.92 Å². The summed E-state index contributed by atoms with van der Waals surface area (Å²) in [6.45, 7) is 9.94. The number of piperidine rings is 1. The molecule has 15 nitrogen and oxygen atoms in total. The molecule has 2 aromatic carbocycles. The molecule has 5 aliphatic rings. The monoisotopic (exact) mass is 773 g/mol. The molecule has 0 bridgehead atoms. The van der Waals surface area contributed by atoms with Gasteiger partial charge in [-0.1, -0.05) is 6.07 Å². The SMILES string of the molecule is CC(C)(C)OC(=O)N1CCN(Cc2ccc3ncc(-c4cn(C5CC(CNc6ccc7c(c6)C(=O)N(C6CCC(=O)NC6=O)C7=O)C5)nc4C4CC4)nc3c2)CC1. The van der Waals surface area contributed by atoms with Gasteiger partial charge >= 0.3 is 6.09 Å². The molecule has 1 atom stereocenters. The van der Waals surface area contributed by atoms with E-state index in [9.17, 15) is 24.0 Å². The largest absolute Gasteiger partial charge is 0.444 e. The molecule has 1 unspecified atom stereocenters. The number of carbonyl (C=O) groups is 5. The van der Waals surface area contributed by atoms with Crippen LogP contribution in [-0.4, -0.2) is 109 Å². The molecule has 5 heterocycles. The summed E-state index contributed by atoms with van der Waals surface area (Å²) in [7, 11) is 0. The first kappa shape index (κ1) is 36.9. The first-order chi connectivity index (χ1) is 27.4. The van der Waals surface area contributed by atoms with Gasteiger partial charge in [0.1, 0.15) is 11.6 Å². The van der Waals surface area contributed by atoms with Gasteiger partial charge in [-0.25, -0.2) is 9.78 Å². The van der Waals surface area contributed by atoms with Crippen molar-refractivity contribution in [1.82, 2.24) is 39.8 Å². The van der Waals surface area contributed by atoms with Gasteiger partial charge in [-0.2, -0.15) is 5.10 Å². The average molecular weight is 774 g/mol. The van der Waals surface area contributed by atoms with Crippen molar-refractivity contribution >= 4 is 46.4 Å². The average Bonchev–Trinajstić information content (AvgIpc) is 3.87. The molecule has 2 aliphatic carbocycles. The standard InChI is InChI=1S/C42H47N9O6/c1-42(2,3)57-41(56)49-14-12-48(13-15-49)22-24-4-9-32-33(18-24)45-34(21-44-32)31-23-50(47-37(31)26-5-6-26)28-16-25(17-28)20-43-27-7-8-29-30(19-27)40(55)51(39(29)54)35-10-11-36(52)46-38(35)53/h4,7-9,18-19,21,23,25-26,28,35,43H,5-6,10-17,20,22H2,1-3H3,(H,46,52,53). The summed E-state index contributed by atoms with van der Waals surface area (Å²) in [6.07, 6.45) is 8.09. The highest BCUT2D eigenvalue weighted by atomic mass is 16.6. The van der Waals surface area contributed by atoms with Crippen LogP contribution in [-0.2, 0) is 20.9 Å². The summed E-state index contributed by atoms with van der Waals surface area (Å²) in [5.74, 6) is -1.21. The second kappa shape index (κ2) is 14.4. The second-order valence-corrected chi connectivity index (χ2v) is 17.1. The summed E-state index contributed by atoms with van der Waals surface area (Å²) in [6, 6.07) is 10.6. The number of ether oxygens (including phenoxy) is 1. The number of hydrogen-bond donors (Lipinski definition) is 2. The van der Waals surface area contributed by atoms with E-state index in [-0.39, 0.29) is 36.1 Å². The van der Waals surface area contributed by atoms with Crippen molar-refractivity contribution in [2.45, 2.75) is 89.4 Å². The lowest BCUT2D eigenvalue weighted by molar-refractivity contribution is -0.136. The first-order valence-electron chi connectivity index (χ1n) is 20.0. The molecule has 3 aliphatic heterocycles. The number of piperazine rings is 1. The van der Waals surface area contributed by atoms with Gasteiger partial charge in [-0.05, 0) is 94.7 Å². The van der Waals surface area contributed by atoms with Gasteiger partial charge in [0.25, 0.3) is 11.8 Å². The molecule has 4 aromatic rings. The van der Waals surface area contributed by atoms with Crippen LogP contribution in [0.1, 0.15) is 103 Å². The highest BCUT2D eigenvalue weighted by molar-refractivity contribution is 6.23. The quantitative estimate of drug-likeness (QED) is 0.222. The number of anilines is 1. The van der Waals surface area contributed by atoms with Crippen LogP contribution in [0.2, 0.25) is 0 Å². The zero-order valence-corrected chi connectivity index (χ0v) is 32.5. The minimum atomic E-state index is -0.986. The second-order valence-electron chi connectivity index (χ2n) is 17.1. The third-order valence-electron chi connectivity index (χ3n) is 11.7. The maximum atomic E-state index is 13.3. The van der Waals surface area contributed by atoms with E-state index in [1.807, 2.05) is 33.0 Å². The number of nitrogens with zero attached hydrogens (tertiary/aromatic N) is 7. The molecule has 5 amide bonds. The number of rotatable bonds is 9. The Morgan fingerprint density at radius 1 is 0.912 bits per heavy atom. The number of amides is 5. The first-order valence-corrected chi connectivity index (χ1v) is 20.0. The third kappa shape index (κ3) is 7.47. The minimum absolute atomic E-state index is 0.0834. The highest BCUT2D eigenvalue weighted by Crippen LogP contribution is 2.46. The minimum Gasteiger partial charge on any atom is -0.444 e. The molecule has 4 fully saturated rings. The van der Waals surface area contributed by atoms with Crippen molar-refractivity contribution < 1.29 is 28.7 Å². The van der Waals surface area contributed by atoms with Crippen LogP contribution >= 0.6 is 0 Å². The number of aromatic nitrogens is 4. The molecule has 57 heavy (non-hydrogen) atoms. The Kier molecular flexibility index (Phi) is 9.29. The van der Waals surface area contributed by atoms with Crippen LogP contribution in [0.5, 0.6) is 0 Å². The van der Waals surface area contributed by atoms with Gasteiger partial charge in [0.15, 0.2) is 0 Å². The van der Waals surface area contributed by atoms with E-state index in [0.29, 0.717) is 31.5 Å². The smallest absolute Gasteiger partial charge is 0.410 e. The van der Waals surface area contributed by atoms with Gasteiger partial charge in [-0.15, -0.1) is 0 Å².